The zero-order valence-corrected chi connectivity index (χ0v) is 14.3. The van der Waals surface area contributed by atoms with E-state index in [0.717, 1.165) is 25.2 Å². The molecular formula is C17H25FN4O. The number of carbonyl (C=O) groups excluding carboxylic acids is 1. The first-order valence-corrected chi connectivity index (χ1v) is 8.17. The van der Waals surface area contributed by atoms with E-state index in [1.165, 1.54) is 4.40 Å². The van der Waals surface area contributed by atoms with Crippen LogP contribution in [0.25, 0.3) is 5.65 Å². The molecule has 0 saturated carbocycles. The second-order valence-electron chi connectivity index (χ2n) is 5.60. The third-order valence-electron chi connectivity index (χ3n) is 4.18. The number of rotatable bonds is 7. The van der Waals surface area contributed by atoms with Gasteiger partial charge in [-0.1, -0.05) is 13.8 Å². The van der Waals surface area contributed by atoms with E-state index < -0.39 is 5.95 Å². The molecule has 0 unspecified atom stereocenters. The molecule has 0 atom stereocenters. The second-order valence-corrected chi connectivity index (χ2v) is 5.60. The number of aromatic nitrogens is 2. The van der Waals surface area contributed by atoms with Gasteiger partial charge in [-0.15, -0.1) is 0 Å². The highest BCUT2D eigenvalue weighted by Gasteiger charge is 2.23. The number of likely N-dealkylation sites (N-methyl/N-ethyl adjacent to an activating group) is 2. The van der Waals surface area contributed by atoms with Crippen LogP contribution < -0.4 is 0 Å². The first-order valence-electron chi connectivity index (χ1n) is 8.17. The normalized spacial score (nSPS) is 11.4. The van der Waals surface area contributed by atoms with Crippen molar-refractivity contribution in [2.75, 3.05) is 32.7 Å². The van der Waals surface area contributed by atoms with Crippen LogP contribution in [-0.4, -0.2) is 57.8 Å². The van der Waals surface area contributed by atoms with Gasteiger partial charge in [-0.3, -0.25) is 9.20 Å². The Bertz CT molecular complexity index is 679. The van der Waals surface area contributed by atoms with E-state index in [1.54, 1.807) is 23.2 Å². The Morgan fingerprint density at radius 2 is 1.91 bits per heavy atom. The van der Waals surface area contributed by atoms with Gasteiger partial charge in [0.15, 0.2) is 5.69 Å². The first-order chi connectivity index (χ1) is 11.0. The van der Waals surface area contributed by atoms with E-state index in [4.69, 9.17) is 0 Å². The molecule has 2 rings (SSSR count). The molecule has 1 amide bonds. The van der Waals surface area contributed by atoms with E-state index in [9.17, 15) is 9.18 Å². The summed E-state index contributed by atoms with van der Waals surface area (Å²) in [7, 11) is 0. The summed E-state index contributed by atoms with van der Waals surface area (Å²) in [6.07, 6.45) is 1.61. The molecule has 23 heavy (non-hydrogen) atoms. The zero-order chi connectivity index (χ0) is 17.0. The average molecular weight is 320 g/mol. The number of amides is 1. The summed E-state index contributed by atoms with van der Waals surface area (Å²) in [4.78, 5) is 20.7. The highest BCUT2D eigenvalue weighted by Crippen LogP contribution is 2.14. The van der Waals surface area contributed by atoms with E-state index >= 15 is 0 Å². The number of pyridine rings is 1. The Morgan fingerprint density at radius 1 is 1.22 bits per heavy atom. The van der Waals surface area contributed by atoms with Gasteiger partial charge in [-0.05, 0) is 44.6 Å². The lowest BCUT2D eigenvalue weighted by atomic mass is 10.3. The predicted octanol–water partition coefficient (Wildman–Crippen LogP) is 2.59. The minimum atomic E-state index is -0.591. The fourth-order valence-electron chi connectivity index (χ4n) is 2.61. The van der Waals surface area contributed by atoms with Gasteiger partial charge in [0.2, 0.25) is 5.95 Å². The van der Waals surface area contributed by atoms with Crippen molar-refractivity contribution in [2.45, 2.75) is 27.7 Å². The maximum atomic E-state index is 14.5. The van der Waals surface area contributed by atoms with Crippen molar-refractivity contribution in [3.05, 3.63) is 35.5 Å². The molecule has 0 fully saturated rings. The van der Waals surface area contributed by atoms with Gasteiger partial charge in [0, 0.05) is 25.8 Å². The highest BCUT2D eigenvalue weighted by atomic mass is 19.1. The SMILES string of the molecule is CCN(CC)CCN(CC)C(=O)c1nc2cc(C)ccn2c1F. The number of halogens is 1. The Morgan fingerprint density at radius 3 is 2.52 bits per heavy atom. The van der Waals surface area contributed by atoms with Crippen molar-refractivity contribution in [1.82, 2.24) is 19.2 Å². The lowest BCUT2D eigenvalue weighted by Crippen LogP contribution is -2.39. The minimum absolute atomic E-state index is 0.100. The van der Waals surface area contributed by atoms with Gasteiger partial charge in [-0.25, -0.2) is 4.98 Å². The van der Waals surface area contributed by atoms with Crippen LogP contribution >= 0.6 is 0 Å². The second kappa shape index (κ2) is 7.55. The van der Waals surface area contributed by atoms with Gasteiger partial charge in [-0.2, -0.15) is 4.39 Å². The largest absolute Gasteiger partial charge is 0.336 e. The Hall–Kier alpha value is -1.95. The van der Waals surface area contributed by atoms with Crippen LogP contribution in [0.2, 0.25) is 0 Å². The van der Waals surface area contributed by atoms with Crippen LogP contribution in [0.3, 0.4) is 0 Å². The number of fused-ring (bicyclic) bond motifs is 1. The molecule has 2 aromatic rings. The number of aryl methyl sites for hydroxylation is 1. The molecule has 0 N–H and O–H groups in total. The molecular weight excluding hydrogens is 295 g/mol. The third kappa shape index (κ3) is 3.69. The fourth-order valence-corrected chi connectivity index (χ4v) is 2.61. The molecule has 0 aliphatic rings. The molecule has 0 aromatic carbocycles. The Balaban J connectivity index is 2.22. The number of hydrogen-bond donors (Lipinski definition) is 0. The maximum absolute atomic E-state index is 14.5. The van der Waals surface area contributed by atoms with E-state index in [1.807, 2.05) is 13.8 Å². The van der Waals surface area contributed by atoms with Crippen molar-refractivity contribution in [3.63, 3.8) is 0 Å². The molecule has 2 aromatic heterocycles. The standard InChI is InChI=1S/C17H25FN4O/c1-5-20(6-2)10-11-21(7-3)17(23)15-16(18)22-9-8-13(4)12-14(22)19-15/h8-9,12H,5-7,10-11H2,1-4H3. The third-order valence-corrected chi connectivity index (χ3v) is 4.18. The summed E-state index contributed by atoms with van der Waals surface area (Å²) in [5.74, 6) is -0.940. The van der Waals surface area contributed by atoms with E-state index in [2.05, 4.69) is 23.7 Å². The smallest absolute Gasteiger partial charge is 0.277 e. The van der Waals surface area contributed by atoms with Crippen LogP contribution in [0, 0.1) is 12.9 Å². The van der Waals surface area contributed by atoms with Crippen LogP contribution in [-0.2, 0) is 0 Å². The molecule has 0 spiro atoms. The fraction of sp³-hybridized carbons (Fsp3) is 0.529. The van der Waals surface area contributed by atoms with Crippen LogP contribution in [0.1, 0.15) is 36.8 Å². The summed E-state index contributed by atoms with van der Waals surface area (Å²) in [6, 6.07) is 3.57. The van der Waals surface area contributed by atoms with Crippen molar-refractivity contribution in [2.24, 2.45) is 0 Å². The molecule has 126 valence electrons. The number of imidazole rings is 1. The van der Waals surface area contributed by atoms with Crippen LogP contribution in [0.4, 0.5) is 4.39 Å². The highest BCUT2D eigenvalue weighted by molar-refractivity contribution is 5.93. The van der Waals surface area contributed by atoms with Gasteiger partial charge in [0.25, 0.3) is 5.91 Å². The molecule has 0 aliphatic carbocycles. The molecule has 0 saturated heterocycles. The summed E-state index contributed by atoms with van der Waals surface area (Å²) in [5.41, 5.74) is 1.35. The Kier molecular flexibility index (Phi) is 5.71. The van der Waals surface area contributed by atoms with Gasteiger partial charge in [0.05, 0.1) is 0 Å². The Labute approximate surface area is 136 Å². The van der Waals surface area contributed by atoms with E-state index in [-0.39, 0.29) is 11.6 Å². The maximum Gasteiger partial charge on any atom is 0.277 e. The van der Waals surface area contributed by atoms with Gasteiger partial charge < -0.3 is 9.80 Å². The monoisotopic (exact) mass is 320 g/mol. The molecule has 0 radical (unpaired) electrons. The van der Waals surface area contributed by atoms with Crippen molar-refractivity contribution < 1.29 is 9.18 Å². The van der Waals surface area contributed by atoms with E-state index in [0.29, 0.717) is 18.7 Å². The van der Waals surface area contributed by atoms with Crippen LogP contribution in [0.15, 0.2) is 18.3 Å². The minimum Gasteiger partial charge on any atom is -0.336 e. The molecule has 5 nitrogen and oxygen atoms in total. The topological polar surface area (TPSA) is 40.8 Å². The molecule has 6 heteroatoms. The average Bonchev–Trinajstić information content (AvgIpc) is 2.87. The van der Waals surface area contributed by atoms with Gasteiger partial charge in [0.1, 0.15) is 5.65 Å². The predicted molar refractivity (Wildman–Crippen MR) is 89.3 cm³/mol. The zero-order valence-electron chi connectivity index (χ0n) is 14.3. The van der Waals surface area contributed by atoms with Crippen molar-refractivity contribution in [1.29, 1.82) is 0 Å². The van der Waals surface area contributed by atoms with Gasteiger partial charge >= 0.3 is 0 Å². The summed E-state index contributed by atoms with van der Waals surface area (Å²) in [6.45, 7) is 11.7. The molecule has 0 bridgehead atoms. The molecule has 2 heterocycles. The summed E-state index contributed by atoms with van der Waals surface area (Å²) >= 11 is 0. The number of nitrogens with zero attached hydrogens (tertiary/aromatic N) is 4. The summed E-state index contributed by atoms with van der Waals surface area (Å²) in [5, 5.41) is 0. The molecule has 0 aliphatic heterocycles. The number of carbonyl (C=O) groups is 1. The summed E-state index contributed by atoms with van der Waals surface area (Å²) < 4.78 is 15.8. The number of hydrogen-bond acceptors (Lipinski definition) is 3. The van der Waals surface area contributed by atoms with Crippen molar-refractivity contribution in [3.8, 4) is 0 Å². The first kappa shape index (κ1) is 17.4. The van der Waals surface area contributed by atoms with Crippen LogP contribution in [0.5, 0.6) is 0 Å². The lowest BCUT2D eigenvalue weighted by molar-refractivity contribution is 0.0736. The quantitative estimate of drug-likeness (QED) is 0.787. The van der Waals surface area contributed by atoms with Crippen molar-refractivity contribution >= 4 is 11.6 Å². The lowest BCUT2D eigenvalue weighted by Gasteiger charge is -2.24.